The van der Waals surface area contributed by atoms with Crippen molar-refractivity contribution in [2.75, 3.05) is 23.9 Å². The maximum atomic E-state index is 14.0. The van der Waals surface area contributed by atoms with E-state index in [2.05, 4.69) is 5.32 Å². The van der Waals surface area contributed by atoms with E-state index in [9.17, 15) is 18.0 Å². The van der Waals surface area contributed by atoms with E-state index in [0.717, 1.165) is 22.7 Å². The number of carbonyl (C=O) groups is 2. The maximum Gasteiger partial charge on any atom is 0.264 e. The lowest BCUT2D eigenvalue weighted by Crippen LogP contribution is -2.53. The van der Waals surface area contributed by atoms with E-state index < -0.39 is 28.5 Å². The summed E-state index contributed by atoms with van der Waals surface area (Å²) in [5.41, 5.74) is 1.28. The first-order chi connectivity index (χ1) is 18.8. The lowest BCUT2D eigenvalue weighted by molar-refractivity contribution is -0.139. The fraction of sp³-hybridized carbons (Fsp3) is 0.333. The van der Waals surface area contributed by atoms with Gasteiger partial charge in [0.1, 0.15) is 12.6 Å². The van der Waals surface area contributed by atoms with Crippen molar-refractivity contribution in [3.63, 3.8) is 0 Å². The molecule has 0 saturated heterocycles. The molecule has 0 bridgehead atoms. The van der Waals surface area contributed by atoms with Crippen molar-refractivity contribution in [3.05, 3.63) is 95.5 Å². The van der Waals surface area contributed by atoms with Gasteiger partial charge in [0.05, 0.1) is 10.6 Å². The highest BCUT2D eigenvalue weighted by Crippen LogP contribution is 2.26. The predicted molar refractivity (Wildman–Crippen MR) is 156 cm³/mol. The van der Waals surface area contributed by atoms with E-state index in [-0.39, 0.29) is 23.0 Å². The van der Waals surface area contributed by atoms with Crippen LogP contribution in [0.4, 0.5) is 5.69 Å². The number of unbranched alkanes of at least 4 members (excludes halogenated alkanes) is 1. The fourth-order valence-corrected chi connectivity index (χ4v) is 5.89. The third-order valence-electron chi connectivity index (χ3n) is 6.41. The Balaban J connectivity index is 1.97. The standard InChI is InChI=1S/C30H36ClN3O4S/c1-3-5-20-32-30(36)28(4-2)33(21-19-24-13-8-6-9-14-24)29(35)23-34(26-16-12-15-25(31)22-26)39(37,38)27-17-10-7-11-18-27/h6-18,22,28H,3-5,19-21,23H2,1-2H3,(H,32,36)/t28-/m0/s1. The van der Waals surface area contributed by atoms with Gasteiger partial charge >= 0.3 is 0 Å². The number of carbonyl (C=O) groups excluding carboxylic acids is 2. The molecule has 0 fully saturated rings. The van der Waals surface area contributed by atoms with Crippen LogP contribution in [0.5, 0.6) is 0 Å². The monoisotopic (exact) mass is 569 g/mol. The average molecular weight is 570 g/mol. The molecule has 3 aromatic carbocycles. The summed E-state index contributed by atoms with van der Waals surface area (Å²) in [5, 5.41) is 3.28. The number of hydrogen-bond acceptors (Lipinski definition) is 4. The number of nitrogens with zero attached hydrogens (tertiary/aromatic N) is 2. The quantitative estimate of drug-likeness (QED) is 0.267. The van der Waals surface area contributed by atoms with E-state index in [0.29, 0.717) is 24.4 Å². The van der Waals surface area contributed by atoms with Gasteiger partial charge in [-0.05, 0) is 55.2 Å². The summed E-state index contributed by atoms with van der Waals surface area (Å²) in [4.78, 5) is 28.7. The zero-order chi connectivity index (χ0) is 28.3. The highest BCUT2D eigenvalue weighted by atomic mass is 35.5. The number of sulfonamides is 1. The topological polar surface area (TPSA) is 86.8 Å². The lowest BCUT2D eigenvalue weighted by Gasteiger charge is -2.33. The Morgan fingerprint density at radius 2 is 1.59 bits per heavy atom. The Bertz CT molecular complexity index is 1320. The SMILES string of the molecule is CCCCNC(=O)[C@H](CC)N(CCc1ccccc1)C(=O)CN(c1cccc(Cl)c1)S(=O)(=O)c1ccccc1. The Kier molecular flexibility index (Phi) is 11.4. The molecule has 0 radical (unpaired) electrons. The summed E-state index contributed by atoms with van der Waals surface area (Å²) in [6, 6.07) is 23.3. The molecule has 0 heterocycles. The van der Waals surface area contributed by atoms with Gasteiger partial charge in [0.2, 0.25) is 11.8 Å². The Morgan fingerprint density at radius 3 is 2.21 bits per heavy atom. The Morgan fingerprint density at radius 1 is 0.923 bits per heavy atom. The van der Waals surface area contributed by atoms with Crippen LogP contribution in [0.25, 0.3) is 0 Å². The van der Waals surface area contributed by atoms with Gasteiger partial charge in [0.15, 0.2) is 0 Å². The van der Waals surface area contributed by atoms with Gasteiger partial charge < -0.3 is 10.2 Å². The molecule has 1 N–H and O–H groups in total. The van der Waals surface area contributed by atoms with Crippen LogP contribution in [0.15, 0.2) is 89.8 Å². The molecule has 9 heteroatoms. The molecular formula is C30H36ClN3O4S. The minimum Gasteiger partial charge on any atom is -0.354 e. The van der Waals surface area contributed by atoms with Crippen molar-refractivity contribution >= 4 is 39.1 Å². The molecule has 208 valence electrons. The van der Waals surface area contributed by atoms with Crippen LogP contribution in [0.2, 0.25) is 5.02 Å². The molecule has 0 spiro atoms. The van der Waals surface area contributed by atoms with E-state index in [1.54, 1.807) is 36.4 Å². The second-order valence-electron chi connectivity index (χ2n) is 9.20. The first kappa shape index (κ1) is 30.2. The summed E-state index contributed by atoms with van der Waals surface area (Å²) < 4.78 is 28.6. The van der Waals surface area contributed by atoms with Gasteiger partial charge in [-0.3, -0.25) is 13.9 Å². The molecule has 0 unspecified atom stereocenters. The van der Waals surface area contributed by atoms with E-state index in [1.165, 1.54) is 23.1 Å². The number of hydrogen-bond donors (Lipinski definition) is 1. The molecule has 0 aliphatic carbocycles. The summed E-state index contributed by atoms with van der Waals surface area (Å²) in [6.07, 6.45) is 2.67. The maximum absolute atomic E-state index is 14.0. The van der Waals surface area contributed by atoms with E-state index in [1.807, 2.05) is 44.2 Å². The van der Waals surface area contributed by atoms with Crippen LogP contribution in [-0.4, -0.2) is 50.8 Å². The van der Waals surface area contributed by atoms with Crippen LogP contribution in [-0.2, 0) is 26.0 Å². The van der Waals surface area contributed by atoms with Crippen molar-refractivity contribution in [2.24, 2.45) is 0 Å². The van der Waals surface area contributed by atoms with E-state index >= 15 is 0 Å². The zero-order valence-corrected chi connectivity index (χ0v) is 24.0. The number of halogens is 1. The zero-order valence-electron chi connectivity index (χ0n) is 22.4. The highest BCUT2D eigenvalue weighted by Gasteiger charge is 2.33. The first-order valence-electron chi connectivity index (χ1n) is 13.2. The molecule has 0 aromatic heterocycles. The number of amides is 2. The van der Waals surface area contributed by atoms with Gasteiger partial charge in [0.25, 0.3) is 10.0 Å². The first-order valence-corrected chi connectivity index (χ1v) is 15.0. The summed E-state index contributed by atoms with van der Waals surface area (Å²) >= 11 is 6.21. The van der Waals surface area contributed by atoms with Crippen LogP contribution in [0, 0.1) is 0 Å². The van der Waals surface area contributed by atoms with Crippen LogP contribution in [0.3, 0.4) is 0 Å². The molecule has 0 aliphatic heterocycles. The largest absolute Gasteiger partial charge is 0.354 e. The minimum atomic E-state index is -4.11. The van der Waals surface area contributed by atoms with Gasteiger partial charge in [-0.15, -0.1) is 0 Å². The van der Waals surface area contributed by atoms with Gasteiger partial charge in [-0.1, -0.05) is 86.5 Å². The second-order valence-corrected chi connectivity index (χ2v) is 11.5. The third-order valence-corrected chi connectivity index (χ3v) is 8.43. The molecular weight excluding hydrogens is 534 g/mol. The normalized spacial score (nSPS) is 12.0. The highest BCUT2D eigenvalue weighted by molar-refractivity contribution is 7.92. The number of rotatable bonds is 14. The number of benzene rings is 3. The predicted octanol–water partition coefficient (Wildman–Crippen LogP) is 5.30. The Hall–Kier alpha value is -3.36. The van der Waals surface area contributed by atoms with Crippen LogP contribution >= 0.6 is 11.6 Å². The third kappa shape index (κ3) is 8.31. The minimum absolute atomic E-state index is 0.0537. The number of nitrogens with one attached hydrogen (secondary N) is 1. The molecule has 1 atom stereocenters. The molecule has 3 rings (SSSR count). The molecule has 0 saturated carbocycles. The average Bonchev–Trinajstić information content (AvgIpc) is 2.94. The molecule has 2 amide bonds. The molecule has 3 aromatic rings. The summed E-state index contributed by atoms with van der Waals surface area (Å²) in [7, 11) is -4.11. The van der Waals surface area contributed by atoms with Crippen molar-refractivity contribution in [3.8, 4) is 0 Å². The molecule has 39 heavy (non-hydrogen) atoms. The fourth-order valence-electron chi connectivity index (χ4n) is 4.28. The van der Waals surface area contributed by atoms with Gasteiger partial charge in [-0.2, -0.15) is 0 Å². The Labute approximate surface area is 236 Å². The smallest absolute Gasteiger partial charge is 0.264 e. The van der Waals surface area contributed by atoms with Crippen LogP contribution < -0.4 is 9.62 Å². The van der Waals surface area contributed by atoms with Crippen LogP contribution in [0.1, 0.15) is 38.7 Å². The van der Waals surface area contributed by atoms with E-state index in [4.69, 9.17) is 11.6 Å². The van der Waals surface area contributed by atoms with Crippen molar-refractivity contribution in [1.29, 1.82) is 0 Å². The lowest BCUT2D eigenvalue weighted by atomic mass is 10.1. The van der Waals surface area contributed by atoms with Crippen molar-refractivity contribution in [1.82, 2.24) is 10.2 Å². The summed E-state index contributed by atoms with van der Waals surface area (Å²) in [5.74, 6) is -0.713. The summed E-state index contributed by atoms with van der Waals surface area (Å²) in [6.45, 7) is 4.19. The number of anilines is 1. The van der Waals surface area contributed by atoms with Crippen molar-refractivity contribution < 1.29 is 18.0 Å². The van der Waals surface area contributed by atoms with Gasteiger partial charge in [-0.25, -0.2) is 8.42 Å². The molecule has 7 nitrogen and oxygen atoms in total. The second kappa shape index (κ2) is 14.7. The van der Waals surface area contributed by atoms with Crippen molar-refractivity contribution in [2.45, 2.75) is 50.5 Å². The molecule has 0 aliphatic rings. The van der Waals surface area contributed by atoms with Gasteiger partial charge in [0, 0.05) is 18.1 Å².